The second-order valence-electron chi connectivity index (χ2n) is 16.4. The number of nitrogens with zero attached hydrogens (tertiary/aromatic N) is 5. The fourth-order valence-electron chi connectivity index (χ4n) is 9.49. The standard InChI is InChI=1S/C59H41N5/c1-4-16-40(17-5-1)46-31-35-58(60-39-46)64-55-29-13-11-25-49(55)51-34-32-47(38-57(51)64)63-54-28-12-10-24-48(54)50-33-30-44(37-56(50)63)43-22-14-23-45(36-43)53-27-15-26-52(41-18-6-2-7-19-41)61-59(62-53)42-20-8-3-9-21-42/h1-31,33,35-39H,32,34H2/b26-15+,27-15?,52-26?,53-27?,61-52?,61-59?,62-53?,62-59?. The lowest BCUT2D eigenvalue weighted by Gasteiger charge is -2.19. The van der Waals surface area contributed by atoms with Gasteiger partial charge >= 0.3 is 0 Å². The molecule has 302 valence electrons. The number of rotatable bonds is 7. The molecular weight excluding hydrogens is 779 g/mol. The van der Waals surface area contributed by atoms with Crippen LogP contribution < -0.4 is 0 Å². The Morgan fingerprint density at radius 3 is 1.81 bits per heavy atom. The van der Waals surface area contributed by atoms with E-state index in [1.807, 2.05) is 48.7 Å². The highest BCUT2D eigenvalue weighted by Gasteiger charge is 2.24. The van der Waals surface area contributed by atoms with Crippen LogP contribution in [0.25, 0.3) is 78.3 Å². The minimum Gasteiger partial charge on any atom is -0.313 e. The van der Waals surface area contributed by atoms with Gasteiger partial charge < -0.3 is 4.57 Å². The van der Waals surface area contributed by atoms with Gasteiger partial charge in [-0.2, -0.15) is 0 Å². The Labute approximate surface area is 371 Å². The number of amidine groups is 1. The van der Waals surface area contributed by atoms with Crippen molar-refractivity contribution < 1.29 is 0 Å². The van der Waals surface area contributed by atoms with Crippen molar-refractivity contribution in [2.24, 2.45) is 9.98 Å². The molecule has 5 heteroatoms. The summed E-state index contributed by atoms with van der Waals surface area (Å²) in [6.07, 6.45) is 12.5. The minimum atomic E-state index is 0.675. The largest absolute Gasteiger partial charge is 0.313 e. The third-order valence-electron chi connectivity index (χ3n) is 12.6. The van der Waals surface area contributed by atoms with Crippen LogP contribution in [0.5, 0.6) is 0 Å². The first kappa shape index (κ1) is 37.4. The number of aryl methyl sites for hydroxylation is 1. The van der Waals surface area contributed by atoms with Gasteiger partial charge in [-0.05, 0) is 89.7 Å². The van der Waals surface area contributed by atoms with E-state index in [4.69, 9.17) is 15.0 Å². The normalized spacial score (nSPS) is 14.3. The fourth-order valence-corrected chi connectivity index (χ4v) is 9.49. The quantitative estimate of drug-likeness (QED) is 0.158. The van der Waals surface area contributed by atoms with E-state index < -0.39 is 0 Å². The summed E-state index contributed by atoms with van der Waals surface area (Å²) in [7, 11) is 0. The summed E-state index contributed by atoms with van der Waals surface area (Å²) in [6, 6.07) is 68.5. The molecule has 0 unspecified atom stereocenters. The molecule has 0 bridgehead atoms. The molecular formula is C59H41N5. The zero-order valence-electron chi connectivity index (χ0n) is 35.0. The summed E-state index contributed by atoms with van der Waals surface area (Å²) >= 11 is 0. The van der Waals surface area contributed by atoms with Gasteiger partial charge in [-0.15, -0.1) is 0 Å². The van der Waals surface area contributed by atoms with Crippen LogP contribution in [-0.4, -0.2) is 25.7 Å². The van der Waals surface area contributed by atoms with Gasteiger partial charge in [0.15, 0.2) is 5.84 Å². The second-order valence-corrected chi connectivity index (χ2v) is 16.4. The van der Waals surface area contributed by atoms with E-state index in [1.54, 1.807) is 0 Å². The number of aliphatic imine (C=N–C) groups is 2. The van der Waals surface area contributed by atoms with Crippen molar-refractivity contribution in [1.82, 2.24) is 14.1 Å². The minimum absolute atomic E-state index is 0.675. The summed E-state index contributed by atoms with van der Waals surface area (Å²) < 4.78 is 4.85. The van der Waals surface area contributed by atoms with E-state index in [0.717, 1.165) is 69.0 Å². The average Bonchev–Trinajstić information content (AvgIpc) is 3.87. The third kappa shape index (κ3) is 6.62. The summed E-state index contributed by atoms with van der Waals surface area (Å²) in [6.45, 7) is 0. The molecule has 1 aliphatic carbocycles. The van der Waals surface area contributed by atoms with E-state index in [-0.39, 0.29) is 0 Å². The van der Waals surface area contributed by atoms with Crippen molar-refractivity contribution in [3.63, 3.8) is 0 Å². The highest BCUT2D eigenvalue weighted by atomic mass is 15.1. The van der Waals surface area contributed by atoms with Crippen LogP contribution in [0.2, 0.25) is 0 Å². The van der Waals surface area contributed by atoms with E-state index in [2.05, 4.69) is 185 Å². The second kappa shape index (κ2) is 15.8. The molecule has 7 aromatic carbocycles. The molecule has 0 radical (unpaired) electrons. The summed E-state index contributed by atoms with van der Waals surface area (Å²) in [4.78, 5) is 15.5. The first-order valence-corrected chi connectivity index (χ1v) is 21.9. The van der Waals surface area contributed by atoms with Gasteiger partial charge in [0.1, 0.15) is 5.82 Å². The first-order chi connectivity index (χ1) is 31.7. The molecule has 10 aromatic rings. The molecule has 5 nitrogen and oxygen atoms in total. The zero-order valence-corrected chi connectivity index (χ0v) is 35.0. The Hall–Kier alpha value is -8.41. The fraction of sp³-hybridized carbons (Fsp3) is 0.0339. The van der Waals surface area contributed by atoms with Crippen molar-refractivity contribution in [3.05, 3.63) is 246 Å². The lowest BCUT2D eigenvalue weighted by molar-refractivity contribution is 0.927. The maximum Gasteiger partial charge on any atom is 0.160 e. The SMILES string of the molecule is C1=C(c2cccc(-c3ccc4c5ccccc5n(C5=Cc6c(c7ccccc7n6-c6ccc(-c7ccccc7)cn6)CC5)c4c3)c2)N=C(c2ccccc2)N=C(c2ccccc2)/C=C/1. The number of hydrogen-bond donors (Lipinski definition) is 0. The van der Waals surface area contributed by atoms with Gasteiger partial charge in [-0.3, -0.25) is 4.57 Å². The Kier molecular flexibility index (Phi) is 9.23. The van der Waals surface area contributed by atoms with Gasteiger partial charge in [0.05, 0.1) is 33.7 Å². The topological polar surface area (TPSA) is 47.5 Å². The van der Waals surface area contributed by atoms with Crippen molar-refractivity contribution in [2.45, 2.75) is 12.8 Å². The predicted molar refractivity (Wildman–Crippen MR) is 267 cm³/mol. The molecule has 2 aliphatic rings. The number of benzene rings is 7. The molecule has 1 aliphatic heterocycles. The number of hydrogen-bond acceptors (Lipinski definition) is 3. The molecule has 0 spiro atoms. The monoisotopic (exact) mass is 819 g/mol. The highest BCUT2D eigenvalue weighted by Crippen LogP contribution is 2.41. The van der Waals surface area contributed by atoms with Gasteiger partial charge in [0.2, 0.25) is 0 Å². The molecule has 0 amide bonds. The molecule has 0 fully saturated rings. The Balaban J connectivity index is 0.963. The Morgan fingerprint density at radius 2 is 1.05 bits per heavy atom. The highest BCUT2D eigenvalue weighted by molar-refractivity contribution is 6.18. The first-order valence-electron chi connectivity index (χ1n) is 21.9. The van der Waals surface area contributed by atoms with Crippen molar-refractivity contribution in [1.29, 1.82) is 0 Å². The Bertz CT molecular complexity index is 3570. The van der Waals surface area contributed by atoms with Crippen molar-refractivity contribution >= 4 is 61.7 Å². The summed E-state index contributed by atoms with van der Waals surface area (Å²) in [5.41, 5.74) is 16.7. The van der Waals surface area contributed by atoms with E-state index in [9.17, 15) is 0 Å². The summed E-state index contributed by atoms with van der Waals surface area (Å²) in [5, 5.41) is 3.76. The third-order valence-corrected chi connectivity index (χ3v) is 12.6. The van der Waals surface area contributed by atoms with Gasteiger partial charge in [0, 0.05) is 50.3 Å². The molecule has 0 N–H and O–H groups in total. The molecule has 0 atom stereocenters. The van der Waals surface area contributed by atoms with Crippen LogP contribution >= 0.6 is 0 Å². The smallest absolute Gasteiger partial charge is 0.160 e. The van der Waals surface area contributed by atoms with Crippen LogP contribution in [0.15, 0.2) is 229 Å². The molecule has 3 aromatic heterocycles. The van der Waals surface area contributed by atoms with Crippen LogP contribution in [0.3, 0.4) is 0 Å². The van der Waals surface area contributed by atoms with Crippen LogP contribution in [0, 0.1) is 0 Å². The average molecular weight is 820 g/mol. The zero-order chi connectivity index (χ0) is 42.4. The lowest BCUT2D eigenvalue weighted by atomic mass is 9.98. The number of pyridine rings is 1. The van der Waals surface area contributed by atoms with Crippen LogP contribution in [-0.2, 0) is 6.42 Å². The maximum absolute atomic E-state index is 5.24. The molecule has 4 heterocycles. The molecule has 0 saturated carbocycles. The molecule has 64 heavy (non-hydrogen) atoms. The van der Waals surface area contributed by atoms with E-state index in [0.29, 0.717) is 5.84 Å². The van der Waals surface area contributed by atoms with Crippen molar-refractivity contribution in [3.8, 4) is 28.1 Å². The van der Waals surface area contributed by atoms with Crippen LogP contribution in [0.4, 0.5) is 0 Å². The number of para-hydroxylation sites is 2. The lowest BCUT2D eigenvalue weighted by Crippen LogP contribution is -2.07. The van der Waals surface area contributed by atoms with Gasteiger partial charge in [-0.1, -0.05) is 164 Å². The van der Waals surface area contributed by atoms with Gasteiger partial charge in [0.25, 0.3) is 0 Å². The van der Waals surface area contributed by atoms with E-state index >= 15 is 0 Å². The maximum atomic E-state index is 5.24. The molecule has 12 rings (SSSR count). The Morgan fingerprint density at radius 1 is 0.422 bits per heavy atom. The van der Waals surface area contributed by atoms with Gasteiger partial charge in [-0.25, -0.2) is 15.0 Å². The van der Waals surface area contributed by atoms with Crippen LogP contribution in [0.1, 0.15) is 34.4 Å². The van der Waals surface area contributed by atoms with Crippen molar-refractivity contribution in [2.75, 3.05) is 0 Å². The number of fused-ring (bicyclic) bond motifs is 6. The van der Waals surface area contributed by atoms with E-state index in [1.165, 1.54) is 49.7 Å². The molecule has 0 saturated heterocycles. The summed E-state index contributed by atoms with van der Waals surface area (Å²) in [5.74, 6) is 1.59. The number of allylic oxidation sites excluding steroid dienone is 4. The predicted octanol–water partition coefficient (Wildman–Crippen LogP) is 14.3. The number of aromatic nitrogens is 3.